The molecule has 1 N–H and O–H groups in total. The van der Waals surface area contributed by atoms with Gasteiger partial charge in [0.15, 0.2) is 0 Å². The summed E-state index contributed by atoms with van der Waals surface area (Å²) in [6, 6.07) is 0.0942. The zero-order valence-electron chi connectivity index (χ0n) is 11.5. The van der Waals surface area contributed by atoms with Crippen LogP contribution in [0.4, 0.5) is 0 Å². The molecular formula is C13H21N3O2S. The monoisotopic (exact) mass is 283 g/mol. The summed E-state index contributed by atoms with van der Waals surface area (Å²) in [6.45, 7) is 7.50. The number of H-pyrrole nitrogens is 1. The molecule has 0 radical (unpaired) electrons. The van der Waals surface area contributed by atoms with Gasteiger partial charge >= 0.3 is 0 Å². The van der Waals surface area contributed by atoms with Crippen molar-refractivity contribution < 1.29 is 8.42 Å². The molecule has 0 unspecified atom stereocenters. The van der Waals surface area contributed by atoms with Crippen LogP contribution in [0.1, 0.15) is 37.1 Å². The molecule has 0 aromatic carbocycles. The van der Waals surface area contributed by atoms with Gasteiger partial charge in [0.2, 0.25) is 10.0 Å². The van der Waals surface area contributed by atoms with Gasteiger partial charge in [-0.1, -0.05) is 18.9 Å². The Bertz CT molecular complexity index is 537. The molecule has 1 aromatic rings. The Hall–Kier alpha value is -1.14. The molecule has 0 bridgehead atoms. The fraction of sp³-hybridized carbons (Fsp3) is 0.615. The van der Waals surface area contributed by atoms with E-state index in [1.807, 2.05) is 0 Å². The van der Waals surface area contributed by atoms with Crippen LogP contribution < -0.4 is 0 Å². The third kappa shape index (κ3) is 2.60. The Labute approximate surface area is 114 Å². The molecule has 0 saturated heterocycles. The van der Waals surface area contributed by atoms with Gasteiger partial charge in [0.1, 0.15) is 4.90 Å². The van der Waals surface area contributed by atoms with Crippen LogP contribution in [0.2, 0.25) is 0 Å². The number of aromatic amines is 1. The maximum absolute atomic E-state index is 12.8. The summed E-state index contributed by atoms with van der Waals surface area (Å²) in [5.41, 5.74) is 1.13. The van der Waals surface area contributed by atoms with E-state index in [1.165, 1.54) is 0 Å². The first-order valence-corrected chi connectivity index (χ1v) is 8.06. The van der Waals surface area contributed by atoms with Crippen LogP contribution in [0.5, 0.6) is 0 Å². The number of nitrogens with one attached hydrogen (secondary N) is 1. The van der Waals surface area contributed by atoms with Crippen molar-refractivity contribution in [3.8, 4) is 0 Å². The van der Waals surface area contributed by atoms with E-state index in [1.54, 1.807) is 24.2 Å². The number of aryl methyl sites for hydroxylation is 2. The SMILES string of the molecule is C=CCN(C1CCCC1)S(=O)(=O)c1c(C)n[nH]c1C. The van der Waals surface area contributed by atoms with Gasteiger partial charge in [0, 0.05) is 12.6 Å². The van der Waals surface area contributed by atoms with E-state index in [4.69, 9.17) is 0 Å². The zero-order chi connectivity index (χ0) is 14.0. The Kier molecular flexibility index (Phi) is 4.10. The second kappa shape index (κ2) is 5.46. The smallest absolute Gasteiger partial charge is 0.247 e. The van der Waals surface area contributed by atoms with Crippen LogP contribution in [0.15, 0.2) is 17.6 Å². The molecule has 0 spiro atoms. The highest BCUT2D eigenvalue weighted by Crippen LogP contribution is 2.30. The summed E-state index contributed by atoms with van der Waals surface area (Å²) in [5, 5.41) is 6.74. The second-order valence-electron chi connectivity index (χ2n) is 5.06. The van der Waals surface area contributed by atoms with E-state index < -0.39 is 10.0 Å². The number of sulfonamides is 1. The van der Waals surface area contributed by atoms with Gasteiger partial charge in [-0.25, -0.2) is 8.42 Å². The summed E-state index contributed by atoms with van der Waals surface area (Å²) in [5.74, 6) is 0. The average Bonchev–Trinajstić information content (AvgIpc) is 2.96. The Balaban J connectivity index is 2.42. The highest BCUT2D eigenvalue weighted by molar-refractivity contribution is 7.89. The predicted molar refractivity (Wildman–Crippen MR) is 74.4 cm³/mol. The van der Waals surface area contributed by atoms with Crippen molar-refractivity contribution in [3.63, 3.8) is 0 Å². The molecule has 1 aliphatic rings. The van der Waals surface area contributed by atoms with Crippen molar-refractivity contribution in [1.29, 1.82) is 0 Å². The Morgan fingerprint density at radius 1 is 1.42 bits per heavy atom. The third-order valence-corrected chi connectivity index (χ3v) is 5.85. The minimum Gasteiger partial charge on any atom is -0.281 e. The first kappa shape index (κ1) is 14.3. The highest BCUT2D eigenvalue weighted by atomic mass is 32.2. The third-order valence-electron chi connectivity index (χ3n) is 3.67. The standard InChI is InChI=1S/C13H21N3O2S/c1-4-9-16(12-7-5-6-8-12)19(17,18)13-10(2)14-15-11(13)3/h4,12H,1,5-9H2,2-3H3,(H,14,15). The number of rotatable bonds is 5. The average molecular weight is 283 g/mol. The molecule has 5 nitrogen and oxygen atoms in total. The van der Waals surface area contributed by atoms with Crippen LogP contribution in [-0.2, 0) is 10.0 Å². The molecule has 2 rings (SSSR count). The lowest BCUT2D eigenvalue weighted by atomic mass is 10.2. The first-order valence-electron chi connectivity index (χ1n) is 6.62. The molecule has 19 heavy (non-hydrogen) atoms. The highest BCUT2D eigenvalue weighted by Gasteiger charge is 2.35. The number of hydrogen-bond acceptors (Lipinski definition) is 3. The fourth-order valence-corrected chi connectivity index (χ4v) is 4.79. The van der Waals surface area contributed by atoms with Gasteiger partial charge in [-0.05, 0) is 26.7 Å². The van der Waals surface area contributed by atoms with Crippen molar-refractivity contribution in [2.24, 2.45) is 0 Å². The van der Waals surface area contributed by atoms with Crippen molar-refractivity contribution in [3.05, 3.63) is 24.0 Å². The van der Waals surface area contributed by atoms with E-state index in [-0.39, 0.29) is 6.04 Å². The van der Waals surface area contributed by atoms with Gasteiger partial charge in [0.25, 0.3) is 0 Å². The zero-order valence-corrected chi connectivity index (χ0v) is 12.3. The van der Waals surface area contributed by atoms with E-state index in [9.17, 15) is 8.42 Å². The lowest BCUT2D eigenvalue weighted by Crippen LogP contribution is -2.39. The molecule has 1 saturated carbocycles. The molecule has 0 aliphatic heterocycles. The normalized spacial score (nSPS) is 17.2. The van der Waals surface area contributed by atoms with Crippen LogP contribution in [0.3, 0.4) is 0 Å². The Morgan fingerprint density at radius 2 is 2.05 bits per heavy atom. The molecule has 0 atom stereocenters. The lowest BCUT2D eigenvalue weighted by molar-refractivity contribution is 0.347. The van der Waals surface area contributed by atoms with Gasteiger partial charge < -0.3 is 0 Å². The van der Waals surface area contributed by atoms with Gasteiger partial charge in [-0.2, -0.15) is 9.40 Å². The van der Waals surface area contributed by atoms with E-state index in [0.29, 0.717) is 22.8 Å². The summed E-state index contributed by atoms with van der Waals surface area (Å²) in [6.07, 6.45) is 5.71. The van der Waals surface area contributed by atoms with Gasteiger partial charge in [0.05, 0.1) is 11.4 Å². The molecule has 0 amide bonds. The molecule has 1 aromatic heterocycles. The van der Waals surface area contributed by atoms with Crippen molar-refractivity contribution in [2.45, 2.75) is 50.5 Å². The van der Waals surface area contributed by atoms with E-state index in [0.717, 1.165) is 25.7 Å². The molecule has 6 heteroatoms. The van der Waals surface area contributed by atoms with Crippen LogP contribution in [0.25, 0.3) is 0 Å². The van der Waals surface area contributed by atoms with Crippen molar-refractivity contribution in [1.82, 2.24) is 14.5 Å². The summed E-state index contributed by atoms with van der Waals surface area (Å²) < 4.78 is 27.2. The van der Waals surface area contributed by atoms with Crippen molar-refractivity contribution in [2.75, 3.05) is 6.54 Å². The molecule has 1 heterocycles. The molecule has 1 fully saturated rings. The fourth-order valence-electron chi connectivity index (χ4n) is 2.80. The van der Waals surface area contributed by atoms with Crippen molar-refractivity contribution >= 4 is 10.0 Å². The predicted octanol–water partition coefficient (Wildman–Crippen LogP) is 2.15. The number of nitrogens with zero attached hydrogens (tertiary/aromatic N) is 2. The molecule has 1 aliphatic carbocycles. The first-order chi connectivity index (χ1) is 8.98. The molecule has 106 valence electrons. The maximum atomic E-state index is 12.8. The summed E-state index contributed by atoms with van der Waals surface area (Å²) in [7, 11) is -3.50. The van der Waals surface area contributed by atoms with E-state index >= 15 is 0 Å². The lowest BCUT2D eigenvalue weighted by Gasteiger charge is -2.26. The summed E-state index contributed by atoms with van der Waals surface area (Å²) >= 11 is 0. The topological polar surface area (TPSA) is 66.1 Å². The second-order valence-corrected chi connectivity index (χ2v) is 6.89. The van der Waals surface area contributed by atoms with Gasteiger partial charge in [-0.3, -0.25) is 5.10 Å². The van der Waals surface area contributed by atoms with Crippen LogP contribution >= 0.6 is 0 Å². The van der Waals surface area contributed by atoms with E-state index in [2.05, 4.69) is 16.8 Å². The van der Waals surface area contributed by atoms with Crippen LogP contribution in [-0.4, -0.2) is 35.5 Å². The molecular weight excluding hydrogens is 262 g/mol. The summed E-state index contributed by atoms with van der Waals surface area (Å²) in [4.78, 5) is 0.321. The largest absolute Gasteiger partial charge is 0.281 e. The number of aromatic nitrogens is 2. The minimum absolute atomic E-state index is 0.0942. The van der Waals surface area contributed by atoms with Gasteiger partial charge in [-0.15, -0.1) is 6.58 Å². The Morgan fingerprint density at radius 3 is 2.53 bits per heavy atom. The van der Waals surface area contributed by atoms with Crippen LogP contribution in [0, 0.1) is 13.8 Å². The maximum Gasteiger partial charge on any atom is 0.247 e. The quantitative estimate of drug-likeness (QED) is 0.842. The minimum atomic E-state index is -3.50. The number of hydrogen-bond donors (Lipinski definition) is 1.